The van der Waals surface area contributed by atoms with Gasteiger partial charge in [0, 0.05) is 22.8 Å². The molecule has 0 radical (unpaired) electrons. The first-order valence-corrected chi connectivity index (χ1v) is 8.14. The third-order valence-corrected chi connectivity index (χ3v) is 4.42. The summed E-state index contributed by atoms with van der Waals surface area (Å²) < 4.78 is 2.64. The van der Waals surface area contributed by atoms with Gasteiger partial charge in [-0.25, -0.2) is 4.68 Å². The second-order valence-corrected chi connectivity index (χ2v) is 6.32. The molecular weight excluding hydrogens is 380 g/mol. The first-order valence-electron chi connectivity index (χ1n) is 7.35. The molecule has 0 aliphatic carbocycles. The highest BCUT2D eigenvalue weighted by molar-refractivity contribution is 9.10. The number of nitrogens with one attached hydrogen (secondary N) is 1. The van der Waals surface area contributed by atoms with Crippen LogP contribution in [0, 0.1) is 0 Å². The maximum absolute atomic E-state index is 12.2. The van der Waals surface area contributed by atoms with Crippen molar-refractivity contribution in [2.24, 2.45) is 5.73 Å². The van der Waals surface area contributed by atoms with E-state index in [0.29, 0.717) is 12.1 Å². The zero-order valence-corrected chi connectivity index (χ0v) is 15.7. The average molecular weight is 402 g/mol. The van der Waals surface area contributed by atoms with Gasteiger partial charge in [-0.1, -0.05) is 35.8 Å². The largest absolute Gasteiger partial charge is 0.350 e. The van der Waals surface area contributed by atoms with Gasteiger partial charge in [0.05, 0.1) is 17.4 Å². The molecule has 0 bridgehead atoms. The summed E-state index contributed by atoms with van der Waals surface area (Å²) in [4.78, 5) is 12.2. The number of nitrogens with zero attached hydrogens (tertiary/aromatic N) is 2. The third kappa shape index (κ3) is 5.06. The molecule has 23 heavy (non-hydrogen) atoms. The lowest BCUT2D eigenvalue weighted by molar-refractivity contribution is 0.0942. The van der Waals surface area contributed by atoms with Crippen LogP contribution >= 0.6 is 28.3 Å². The maximum Gasteiger partial charge on any atom is 0.254 e. The zero-order valence-electron chi connectivity index (χ0n) is 13.3. The number of hydrogen-bond donors (Lipinski definition) is 2. The van der Waals surface area contributed by atoms with E-state index in [0.717, 1.165) is 23.0 Å². The molecule has 7 heteroatoms. The van der Waals surface area contributed by atoms with E-state index in [1.54, 1.807) is 17.1 Å². The molecule has 2 rings (SSSR count). The normalized spacial score (nSPS) is 11.0. The predicted molar refractivity (Wildman–Crippen MR) is 98.3 cm³/mol. The van der Waals surface area contributed by atoms with Crippen LogP contribution in [0.3, 0.4) is 0 Å². The predicted octanol–water partition coefficient (Wildman–Crippen LogP) is 3.30. The highest BCUT2D eigenvalue weighted by atomic mass is 79.9. The summed E-state index contributed by atoms with van der Waals surface area (Å²) in [6.45, 7) is 4.52. The van der Waals surface area contributed by atoms with Crippen LogP contribution in [0.25, 0.3) is 5.69 Å². The highest BCUT2D eigenvalue weighted by Crippen LogP contribution is 2.15. The quantitative estimate of drug-likeness (QED) is 0.780. The van der Waals surface area contributed by atoms with Crippen LogP contribution in [0.5, 0.6) is 0 Å². The Balaban J connectivity index is 0.00000264. The molecule has 0 saturated heterocycles. The lowest BCUT2D eigenvalue weighted by atomic mass is 9.94. The fourth-order valence-electron chi connectivity index (χ4n) is 2.06. The molecule has 0 atom stereocenters. The van der Waals surface area contributed by atoms with Crippen LogP contribution in [0.2, 0.25) is 0 Å². The Labute approximate surface area is 151 Å². The van der Waals surface area contributed by atoms with Crippen molar-refractivity contribution in [1.29, 1.82) is 0 Å². The fraction of sp³-hybridized carbons (Fsp3) is 0.375. The van der Waals surface area contributed by atoms with Gasteiger partial charge in [-0.2, -0.15) is 5.10 Å². The van der Waals surface area contributed by atoms with E-state index in [9.17, 15) is 4.79 Å². The van der Waals surface area contributed by atoms with Gasteiger partial charge in [0.2, 0.25) is 0 Å². The van der Waals surface area contributed by atoms with Crippen LogP contribution in [-0.2, 0) is 0 Å². The van der Waals surface area contributed by atoms with Crippen molar-refractivity contribution in [3.63, 3.8) is 0 Å². The van der Waals surface area contributed by atoms with Crippen molar-refractivity contribution in [3.05, 3.63) is 46.7 Å². The third-order valence-electron chi connectivity index (χ3n) is 3.93. The van der Waals surface area contributed by atoms with Crippen molar-refractivity contribution in [2.75, 3.05) is 6.54 Å². The van der Waals surface area contributed by atoms with Crippen molar-refractivity contribution in [3.8, 4) is 5.69 Å². The molecule has 1 aromatic carbocycles. The molecule has 5 nitrogen and oxygen atoms in total. The Hall–Kier alpha value is -1.37. The Kier molecular flexibility index (Phi) is 7.25. The van der Waals surface area contributed by atoms with E-state index in [1.165, 1.54) is 0 Å². The number of rotatable bonds is 6. The SMILES string of the molecule is CCC(N)(CC)CNC(=O)c1cnn(-c2cccc(Br)c2)c1.Cl. The molecule has 0 saturated carbocycles. The van der Waals surface area contributed by atoms with Gasteiger partial charge in [-0.05, 0) is 31.0 Å². The summed E-state index contributed by atoms with van der Waals surface area (Å²) in [6, 6.07) is 7.73. The van der Waals surface area contributed by atoms with Crippen LogP contribution < -0.4 is 11.1 Å². The second-order valence-electron chi connectivity index (χ2n) is 5.41. The smallest absolute Gasteiger partial charge is 0.254 e. The van der Waals surface area contributed by atoms with E-state index in [1.807, 2.05) is 38.1 Å². The van der Waals surface area contributed by atoms with Gasteiger partial charge in [-0.3, -0.25) is 4.79 Å². The molecule has 1 amide bonds. The van der Waals surface area contributed by atoms with E-state index >= 15 is 0 Å². The molecule has 1 aromatic heterocycles. The maximum atomic E-state index is 12.2. The van der Waals surface area contributed by atoms with Gasteiger partial charge < -0.3 is 11.1 Å². The highest BCUT2D eigenvalue weighted by Gasteiger charge is 2.21. The Morgan fingerprint density at radius 3 is 2.70 bits per heavy atom. The Bertz CT molecular complexity index is 655. The van der Waals surface area contributed by atoms with Gasteiger partial charge in [-0.15, -0.1) is 12.4 Å². The summed E-state index contributed by atoms with van der Waals surface area (Å²) in [7, 11) is 0. The van der Waals surface area contributed by atoms with Crippen molar-refractivity contribution < 1.29 is 4.79 Å². The molecule has 0 fully saturated rings. The minimum atomic E-state index is -0.351. The molecule has 3 N–H and O–H groups in total. The van der Waals surface area contributed by atoms with E-state index in [-0.39, 0.29) is 23.9 Å². The number of halogens is 2. The van der Waals surface area contributed by atoms with Gasteiger partial charge >= 0.3 is 0 Å². The molecular formula is C16H22BrClN4O. The van der Waals surface area contributed by atoms with Crippen LogP contribution in [0.1, 0.15) is 37.0 Å². The topological polar surface area (TPSA) is 72.9 Å². The average Bonchev–Trinajstić information content (AvgIpc) is 3.02. The van der Waals surface area contributed by atoms with E-state index < -0.39 is 0 Å². The lowest BCUT2D eigenvalue weighted by Gasteiger charge is -2.26. The molecule has 0 aliphatic heterocycles. The summed E-state index contributed by atoms with van der Waals surface area (Å²) >= 11 is 3.42. The van der Waals surface area contributed by atoms with Crippen molar-refractivity contribution in [1.82, 2.24) is 15.1 Å². The number of nitrogens with two attached hydrogens (primary N) is 1. The standard InChI is InChI=1S/C16H21BrN4O.ClH/c1-3-16(18,4-2)11-19-15(22)12-9-20-21(10-12)14-7-5-6-13(17)8-14;/h5-10H,3-4,11,18H2,1-2H3,(H,19,22);1H. The first-order chi connectivity index (χ1) is 10.5. The summed E-state index contributed by atoms with van der Waals surface area (Å²) in [5.74, 6) is -0.155. The number of amides is 1. The summed E-state index contributed by atoms with van der Waals surface area (Å²) in [5, 5.41) is 7.13. The zero-order chi connectivity index (χ0) is 16.2. The minimum Gasteiger partial charge on any atom is -0.350 e. The summed E-state index contributed by atoms with van der Waals surface area (Å²) in [5.41, 5.74) is 7.26. The lowest BCUT2D eigenvalue weighted by Crippen LogP contribution is -2.49. The Morgan fingerprint density at radius 1 is 1.39 bits per heavy atom. The van der Waals surface area contributed by atoms with Crippen molar-refractivity contribution in [2.45, 2.75) is 32.2 Å². The van der Waals surface area contributed by atoms with Crippen LogP contribution in [-0.4, -0.2) is 27.8 Å². The number of carbonyl (C=O) groups is 1. The summed E-state index contributed by atoms with van der Waals surface area (Å²) in [6.07, 6.45) is 4.92. The fourth-order valence-corrected chi connectivity index (χ4v) is 2.45. The first kappa shape index (κ1) is 19.7. The Morgan fingerprint density at radius 2 is 2.09 bits per heavy atom. The second kappa shape index (κ2) is 8.47. The van der Waals surface area contributed by atoms with Crippen molar-refractivity contribution >= 4 is 34.2 Å². The number of aromatic nitrogens is 2. The van der Waals surface area contributed by atoms with Gasteiger partial charge in [0.15, 0.2) is 0 Å². The van der Waals surface area contributed by atoms with Crippen LogP contribution in [0.4, 0.5) is 0 Å². The number of hydrogen-bond acceptors (Lipinski definition) is 3. The molecule has 0 aliphatic rings. The molecule has 2 aromatic rings. The monoisotopic (exact) mass is 400 g/mol. The van der Waals surface area contributed by atoms with E-state index in [4.69, 9.17) is 5.73 Å². The number of carbonyl (C=O) groups excluding carboxylic acids is 1. The van der Waals surface area contributed by atoms with Crippen LogP contribution in [0.15, 0.2) is 41.1 Å². The van der Waals surface area contributed by atoms with E-state index in [2.05, 4.69) is 26.3 Å². The molecule has 0 spiro atoms. The minimum absolute atomic E-state index is 0. The number of benzene rings is 1. The molecule has 126 valence electrons. The molecule has 0 unspecified atom stereocenters. The van der Waals surface area contributed by atoms with Gasteiger partial charge in [0.25, 0.3) is 5.91 Å². The van der Waals surface area contributed by atoms with Gasteiger partial charge in [0.1, 0.15) is 0 Å². The molecule has 1 heterocycles.